The fourth-order valence-electron chi connectivity index (χ4n) is 2.23. The molecule has 0 radical (unpaired) electrons. The summed E-state index contributed by atoms with van der Waals surface area (Å²) in [4.78, 5) is 1.42. The molecule has 18 heavy (non-hydrogen) atoms. The lowest BCUT2D eigenvalue weighted by Crippen LogP contribution is -1.70. The molecule has 0 spiro atoms. The predicted molar refractivity (Wildman–Crippen MR) is 86.0 cm³/mol. The second-order valence-corrected chi connectivity index (χ2v) is 7.18. The first kappa shape index (κ1) is 11.9. The zero-order chi connectivity index (χ0) is 12.9. The molecule has 0 fully saturated rings. The maximum atomic E-state index is 2.30. The van der Waals surface area contributed by atoms with Crippen LogP contribution in [0, 0.1) is 13.8 Å². The average molecular weight is 272 g/mol. The van der Waals surface area contributed by atoms with Crippen LogP contribution in [0.25, 0.3) is 25.6 Å². The Morgan fingerprint density at radius 3 is 2.56 bits per heavy atom. The molecule has 0 aliphatic rings. The topological polar surface area (TPSA) is 0 Å². The largest absolute Gasteiger partial charge is 0.134 e. The molecule has 0 aliphatic heterocycles. The molecule has 0 bridgehead atoms. The van der Waals surface area contributed by atoms with E-state index in [1.807, 2.05) is 22.7 Å². The van der Waals surface area contributed by atoms with Crippen LogP contribution >= 0.6 is 22.7 Å². The second-order valence-electron chi connectivity index (χ2n) is 5.07. The first-order valence-corrected chi connectivity index (χ1v) is 7.76. The molecule has 0 atom stereocenters. The Hall–Kier alpha value is -1.12. The van der Waals surface area contributed by atoms with E-state index in [9.17, 15) is 0 Å². The minimum atomic E-state index is 1.35. The summed E-state index contributed by atoms with van der Waals surface area (Å²) in [5.41, 5.74) is 4.15. The molecule has 0 saturated carbocycles. The quantitative estimate of drug-likeness (QED) is 0.498. The fourth-order valence-corrected chi connectivity index (χ4v) is 5.12. The van der Waals surface area contributed by atoms with Gasteiger partial charge in [0.05, 0.1) is 4.70 Å². The minimum Gasteiger partial charge on any atom is -0.134 e. The lowest BCUT2D eigenvalue weighted by atomic mass is 10.2. The lowest BCUT2D eigenvalue weighted by molar-refractivity contribution is 1.42. The smallest absolute Gasteiger partial charge is 0.0538 e. The summed E-state index contributed by atoms with van der Waals surface area (Å²) in [6.07, 6.45) is 2.30. The standard InChI is InChI=1S/C16H16S2/c1-9(2)7-13-11(4)15-16(17-13)12-6-5-10(3)8-14(12)18-15/h5-8H,1-4H3. The molecule has 2 aromatic heterocycles. The van der Waals surface area contributed by atoms with E-state index < -0.39 is 0 Å². The first-order valence-electron chi connectivity index (χ1n) is 6.13. The van der Waals surface area contributed by atoms with E-state index in [2.05, 4.69) is 52.0 Å². The number of aryl methyl sites for hydroxylation is 2. The number of fused-ring (bicyclic) bond motifs is 3. The summed E-state index contributed by atoms with van der Waals surface area (Å²) in [5.74, 6) is 0. The monoisotopic (exact) mass is 272 g/mol. The summed E-state index contributed by atoms with van der Waals surface area (Å²) < 4.78 is 4.34. The van der Waals surface area contributed by atoms with Crippen LogP contribution in [0.3, 0.4) is 0 Å². The van der Waals surface area contributed by atoms with E-state index >= 15 is 0 Å². The van der Waals surface area contributed by atoms with Gasteiger partial charge in [0.15, 0.2) is 0 Å². The molecular weight excluding hydrogens is 256 g/mol. The Balaban J connectivity index is 2.36. The number of thiophene rings is 2. The van der Waals surface area contributed by atoms with Crippen LogP contribution in [0.15, 0.2) is 23.8 Å². The molecule has 1 aromatic carbocycles. The lowest BCUT2D eigenvalue weighted by Gasteiger charge is -1.94. The first-order chi connectivity index (χ1) is 8.56. The summed E-state index contributed by atoms with van der Waals surface area (Å²) >= 11 is 3.86. The third kappa shape index (κ3) is 1.80. The highest BCUT2D eigenvalue weighted by atomic mass is 32.1. The van der Waals surface area contributed by atoms with Crippen LogP contribution in [-0.2, 0) is 0 Å². The number of benzene rings is 1. The minimum absolute atomic E-state index is 1.35. The molecule has 3 aromatic rings. The van der Waals surface area contributed by atoms with Crippen LogP contribution in [-0.4, -0.2) is 0 Å². The highest BCUT2D eigenvalue weighted by Crippen LogP contribution is 2.43. The fraction of sp³-hybridized carbons (Fsp3) is 0.250. The van der Waals surface area contributed by atoms with Gasteiger partial charge in [-0.3, -0.25) is 0 Å². The molecule has 0 unspecified atom stereocenters. The Morgan fingerprint density at radius 1 is 1.06 bits per heavy atom. The molecule has 2 heterocycles. The summed E-state index contributed by atoms with van der Waals surface area (Å²) in [7, 11) is 0. The van der Waals surface area contributed by atoms with Crippen LogP contribution in [0.4, 0.5) is 0 Å². The summed E-state index contributed by atoms with van der Waals surface area (Å²) in [5, 5.41) is 1.42. The van der Waals surface area contributed by atoms with Gasteiger partial charge in [-0.2, -0.15) is 0 Å². The van der Waals surface area contributed by atoms with Crippen molar-refractivity contribution in [3.05, 3.63) is 39.8 Å². The van der Waals surface area contributed by atoms with Crippen molar-refractivity contribution < 1.29 is 0 Å². The van der Waals surface area contributed by atoms with Crippen molar-refractivity contribution in [3.8, 4) is 0 Å². The van der Waals surface area contributed by atoms with E-state index in [1.165, 1.54) is 41.1 Å². The Bertz CT molecular complexity index is 765. The van der Waals surface area contributed by atoms with Gasteiger partial charge in [0.1, 0.15) is 0 Å². The normalized spacial score (nSPS) is 11.3. The summed E-state index contributed by atoms with van der Waals surface area (Å²) in [6.45, 7) is 8.73. The molecule has 0 N–H and O–H groups in total. The molecule has 0 nitrogen and oxygen atoms in total. The van der Waals surface area contributed by atoms with Gasteiger partial charge in [-0.15, -0.1) is 22.7 Å². The van der Waals surface area contributed by atoms with E-state index in [-0.39, 0.29) is 0 Å². The van der Waals surface area contributed by atoms with Crippen molar-refractivity contribution in [2.75, 3.05) is 0 Å². The van der Waals surface area contributed by atoms with Crippen molar-refractivity contribution in [1.29, 1.82) is 0 Å². The van der Waals surface area contributed by atoms with Crippen molar-refractivity contribution in [2.24, 2.45) is 0 Å². The van der Waals surface area contributed by atoms with Gasteiger partial charge in [-0.1, -0.05) is 17.7 Å². The van der Waals surface area contributed by atoms with Gasteiger partial charge >= 0.3 is 0 Å². The van der Waals surface area contributed by atoms with Crippen LogP contribution < -0.4 is 0 Å². The molecule has 0 saturated heterocycles. The highest BCUT2D eigenvalue weighted by Gasteiger charge is 2.12. The molecule has 3 rings (SSSR count). The number of hydrogen-bond acceptors (Lipinski definition) is 2. The van der Waals surface area contributed by atoms with Crippen molar-refractivity contribution in [3.63, 3.8) is 0 Å². The molecule has 92 valence electrons. The van der Waals surface area contributed by atoms with Crippen molar-refractivity contribution >= 4 is 48.2 Å². The zero-order valence-corrected chi connectivity index (χ0v) is 12.8. The Morgan fingerprint density at radius 2 is 1.83 bits per heavy atom. The average Bonchev–Trinajstić information content (AvgIpc) is 2.77. The van der Waals surface area contributed by atoms with E-state index in [4.69, 9.17) is 0 Å². The molecule has 2 heteroatoms. The van der Waals surface area contributed by atoms with Gasteiger partial charge in [0.2, 0.25) is 0 Å². The maximum Gasteiger partial charge on any atom is 0.0538 e. The third-order valence-electron chi connectivity index (χ3n) is 3.14. The van der Waals surface area contributed by atoms with Crippen molar-refractivity contribution in [1.82, 2.24) is 0 Å². The van der Waals surface area contributed by atoms with Crippen molar-refractivity contribution in [2.45, 2.75) is 27.7 Å². The van der Waals surface area contributed by atoms with Crippen LogP contribution in [0.2, 0.25) is 0 Å². The van der Waals surface area contributed by atoms with Gasteiger partial charge in [-0.05, 0) is 51.0 Å². The predicted octanol–water partition coefficient (Wildman–Crippen LogP) is 6.16. The maximum absolute atomic E-state index is 2.30. The molecule has 0 aliphatic carbocycles. The Kier molecular flexibility index (Phi) is 2.80. The van der Waals surface area contributed by atoms with E-state index in [1.54, 1.807) is 0 Å². The third-order valence-corrected chi connectivity index (χ3v) is 5.82. The molecule has 0 amide bonds. The number of allylic oxidation sites excluding steroid dienone is 1. The summed E-state index contributed by atoms with van der Waals surface area (Å²) in [6, 6.07) is 6.78. The Labute approximate surface area is 116 Å². The zero-order valence-electron chi connectivity index (χ0n) is 11.1. The van der Waals surface area contributed by atoms with Gasteiger partial charge in [0.25, 0.3) is 0 Å². The van der Waals surface area contributed by atoms with E-state index in [0.29, 0.717) is 0 Å². The SMILES string of the molecule is CC(C)=Cc1sc2c(sc3cc(C)ccc32)c1C. The molecular formula is C16H16S2. The number of rotatable bonds is 1. The van der Waals surface area contributed by atoms with Crippen LogP contribution in [0.5, 0.6) is 0 Å². The second kappa shape index (κ2) is 4.22. The highest BCUT2D eigenvalue weighted by molar-refractivity contribution is 7.33. The van der Waals surface area contributed by atoms with Crippen LogP contribution in [0.1, 0.15) is 29.9 Å². The van der Waals surface area contributed by atoms with Gasteiger partial charge in [0, 0.05) is 19.7 Å². The van der Waals surface area contributed by atoms with E-state index in [0.717, 1.165) is 0 Å². The van der Waals surface area contributed by atoms with Gasteiger partial charge in [-0.25, -0.2) is 0 Å². The van der Waals surface area contributed by atoms with Gasteiger partial charge < -0.3 is 0 Å². The number of hydrogen-bond donors (Lipinski definition) is 0.